The third-order valence-electron chi connectivity index (χ3n) is 2.16. The Balaban J connectivity index is 2.26. The molecule has 1 amide bonds. The van der Waals surface area contributed by atoms with Gasteiger partial charge in [0, 0.05) is 12.1 Å². The van der Waals surface area contributed by atoms with Crippen molar-refractivity contribution < 1.29 is 18.0 Å². The molecule has 0 saturated heterocycles. The molecule has 0 atom stereocenters. The zero-order valence-electron chi connectivity index (χ0n) is 9.32. The smallest absolute Gasteiger partial charge is 0.276 e. The summed E-state index contributed by atoms with van der Waals surface area (Å²) in [6.45, 7) is 0. The van der Waals surface area contributed by atoms with Crippen molar-refractivity contribution in [3.05, 3.63) is 47.4 Å². The van der Waals surface area contributed by atoms with E-state index >= 15 is 0 Å². The number of nitrogen functional groups attached to an aromatic ring is 1. The molecule has 0 aliphatic carbocycles. The second kappa shape index (κ2) is 4.92. The van der Waals surface area contributed by atoms with Crippen molar-refractivity contribution in [1.82, 2.24) is 10.2 Å². The molecule has 1 heterocycles. The van der Waals surface area contributed by atoms with Crippen molar-refractivity contribution in [2.75, 3.05) is 11.1 Å². The van der Waals surface area contributed by atoms with Gasteiger partial charge in [-0.1, -0.05) is 0 Å². The number of hydrogen-bond donors (Lipinski definition) is 2. The molecule has 3 N–H and O–H groups in total. The Bertz CT molecular complexity index is 607. The normalized spacial score (nSPS) is 10.3. The number of hydrogen-bond acceptors (Lipinski definition) is 4. The molecule has 0 aliphatic rings. The molecule has 1 aromatic carbocycles. The Kier molecular flexibility index (Phi) is 3.32. The van der Waals surface area contributed by atoms with Crippen LogP contribution >= 0.6 is 0 Å². The maximum atomic E-state index is 13.3. The van der Waals surface area contributed by atoms with Crippen LogP contribution in [0.15, 0.2) is 24.3 Å². The van der Waals surface area contributed by atoms with E-state index in [4.69, 9.17) is 5.73 Å². The standard InChI is InChI=1S/C11H7F3N4O/c12-5-3-6(13)10(7(14)4-5)16-11(19)8-1-2-9(15)18-17-8/h1-4H,(H2,15,18)(H,16,19). The summed E-state index contributed by atoms with van der Waals surface area (Å²) in [5.41, 5.74) is 4.34. The third-order valence-corrected chi connectivity index (χ3v) is 2.16. The van der Waals surface area contributed by atoms with Crippen LogP contribution < -0.4 is 11.1 Å². The van der Waals surface area contributed by atoms with Gasteiger partial charge < -0.3 is 11.1 Å². The minimum absolute atomic E-state index is 0.0932. The number of halogens is 3. The lowest BCUT2D eigenvalue weighted by Crippen LogP contribution is -2.16. The van der Waals surface area contributed by atoms with Crippen molar-refractivity contribution >= 4 is 17.4 Å². The molecule has 0 aliphatic heterocycles. The first-order chi connectivity index (χ1) is 8.97. The molecular formula is C11H7F3N4O. The number of nitrogens with two attached hydrogens (primary N) is 1. The first kappa shape index (κ1) is 12.8. The highest BCUT2D eigenvalue weighted by Crippen LogP contribution is 2.20. The van der Waals surface area contributed by atoms with Gasteiger partial charge in [0.2, 0.25) is 0 Å². The Morgan fingerprint density at radius 3 is 2.26 bits per heavy atom. The Morgan fingerprint density at radius 1 is 1.11 bits per heavy atom. The summed E-state index contributed by atoms with van der Waals surface area (Å²) in [6.07, 6.45) is 0. The largest absolute Gasteiger partial charge is 0.382 e. The lowest BCUT2D eigenvalue weighted by atomic mass is 10.2. The van der Waals surface area contributed by atoms with E-state index in [1.165, 1.54) is 12.1 Å². The number of amides is 1. The highest BCUT2D eigenvalue weighted by Gasteiger charge is 2.16. The Hall–Kier alpha value is -2.64. The number of benzene rings is 1. The van der Waals surface area contributed by atoms with Crippen LogP contribution in [-0.4, -0.2) is 16.1 Å². The third kappa shape index (κ3) is 2.79. The monoisotopic (exact) mass is 268 g/mol. The predicted molar refractivity (Wildman–Crippen MR) is 60.7 cm³/mol. The summed E-state index contributed by atoms with van der Waals surface area (Å²) < 4.78 is 39.3. The molecule has 0 fully saturated rings. The molecular weight excluding hydrogens is 261 g/mol. The fourth-order valence-electron chi connectivity index (χ4n) is 1.30. The summed E-state index contributed by atoms with van der Waals surface area (Å²) in [5.74, 6) is -4.34. The summed E-state index contributed by atoms with van der Waals surface area (Å²) >= 11 is 0. The van der Waals surface area contributed by atoms with Gasteiger partial charge in [-0.2, -0.15) is 0 Å². The average molecular weight is 268 g/mol. The maximum Gasteiger partial charge on any atom is 0.276 e. The van der Waals surface area contributed by atoms with Crippen molar-refractivity contribution in [1.29, 1.82) is 0 Å². The molecule has 98 valence electrons. The molecule has 0 saturated carbocycles. The van der Waals surface area contributed by atoms with Crippen LogP contribution in [0.25, 0.3) is 0 Å². The van der Waals surface area contributed by atoms with Crippen LogP contribution in [0.3, 0.4) is 0 Å². The number of aromatic nitrogens is 2. The van der Waals surface area contributed by atoms with E-state index in [9.17, 15) is 18.0 Å². The van der Waals surface area contributed by atoms with E-state index in [2.05, 4.69) is 10.2 Å². The van der Waals surface area contributed by atoms with Crippen LogP contribution in [0, 0.1) is 17.5 Å². The molecule has 2 aromatic rings. The van der Waals surface area contributed by atoms with Gasteiger partial charge in [0.05, 0.1) is 0 Å². The summed E-state index contributed by atoms with van der Waals surface area (Å²) in [7, 11) is 0. The number of nitrogens with zero attached hydrogens (tertiary/aromatic N) is 2. The molecule has 0 unspecified atom stereocenters. The van der Waals surface area contributed by atoms with E-state index < -0.39 is 29.0 Å². The van der Waals surface area contributed by atoms with Crippen LogP contribution in [-0.2, 0) is 0 Å². The number of carbonyl (C=O) groups is 1. The van der Waals surface area contributed by atoms with E-state index in [1.54, 1.807) is 0 Å². The molecule has 5 nitrogen and oxygen atoms in total. The average Bonchev–Trinajstić information content (AvgIpc) is 2.34. The topological polar surface area (TPSA) is 80.9 Å². The van der Waals surface area contributed by atoms with Crippen LogP contribution in [0.1, 0.15) is 10.5 Å². The summed E-state index contributed by atoms with van der Waals surface area (Å²) in [4.78, 5) is 11.6. The molecule has 0 bridgehead atoms. The number of nitrogens with one attached hydrogen (secondary N) is 1. The highest BCUT2D eigenvalue weighted by atomic mass is 19.1. The zero-order chi connectivity index (χ0) is 14.0. The fraction of sp³-hybridized carbons (Fsp3) is 0. The first-order valence-electron chi connectivity index (χ1n) is 5.02. The minimum Gasteiger partial charge on any atom is -0.382 e. The Morgan fingerprint density at radius 2 is 1.74 bits per heavy atom. The predicted octanol–water partition coefficient (Wildman–Crippen LogP) is 1.73. The maximum absolute atomic E-state index is 13.3. The second-order valence-electron chi connectivity index (χ2n) is 3.54. The lowest BCUT2D eigenvalue weighted by molar-refractivity contribution is 0.102. The van der Waals surface area contributed by atoms with Crippen molar-refractivity contribution in [3.63, 3.8) is 0 Å². The molecule has 0 radical (unpaired) electrons. The number of rotatable bonds is 2. The van der Waals surface area contributed by atoms with E-state index in [0.29, 0.717) is 12.1 Å². The lowest BCUT2D eigenvalue weighted by Gasteiger charge is -2.07. The quantitative estimate of drug-likeness (QED) is 0.869. The van der Waals surface area contributed by atoms with Gasteiger partial charge >= 0.3 is 0 Å². The van der Waals surface area contributed by atoms with Gasteiger partial charge in [0.25, 0.3) is 5.91 Å². The van der Waals surface area contributed by atoms with E-state index in [-0.39, 0.29) is 11.5 Å². The molecule has 2 rings (SSSR count). The van der Waals surface area contributed by atoms with Crippen LogP contribution in [0.5, 0.6) is 0 Å². The van der Waals surface area contributed by atoms with E-state index in [1.807, 2.05) is 5.32 Å². The fourth-order valence-corrected chi connectivity index (χ4v) is 1.30. The molecule has 8 heteroatoms. The van der Waals surface area contributed by atoms with Gasteiger partial charge in [0.15, 0.2) is 17.3 Å². The van der Waals surface area contributed by atoms with Gasteiger partial charge in [-0.25, -0.2) is 13.2 Å². The minimum atomic E-state index is -1.23. The van der Waals surface area contributed by atoms with Crippen molar-refractivity contribution in [2.24, 2.45) is 0 Å². The highest BCUT2D eigenvalue weighted by molar-refractivity contribution is 6.02. The Labute approximate surface area is 105 Å². The van der Waals surface area contributed by atoms with Gasteiger partial charge in [-0.15, -0.1) is 10.2 Å². The number of carbonyl (C=O) groups excluding carboxylic acids is 1. The van der Waals surface area contributed by atoms with E-state index in [0.717, 1.165) is 0 Å². The molecule has 1 aromatic heterocycles. The molecule has 19 heavy (non-hydrogen) atoms. The van der Waals surface area contributed by atoms with Gasteiger partial charge in [-0.05, 0) is 12.1 Å². The van der Waals surface area contributed by atoms with Crippen molar-refractivity contribution in [2.45, 2.75) is 0 Å². The first-order valence-corrected chi connectivity index (χ1v) is 5.02. The molecule has 0 spiro atoms. The second-order valence-corrected chi connectivity index (χ2v) is 3.54. The number of anilines is 2. The van der Waals surface area contributed by atoms with Crippen LogP contribution in [0.2, 0.25) is 0 Å². The van der Waals surface area contributed by atoms with Crippen molar-refractivity contribution in [3.8, 4) is 0 Å². The SMILES string of the molecule is Nc1ccc(C(=O)Nc2c(F)cc(F)cc2F)nn1. The van der Waals surface area contributed by atoms with Gasteiger partial charge in [-0.3, -0.25) is 4.79 Å². The van der Waals surface area contributed by atoms with Gasteiger partial charge in [0.1, 0.15) is 17.3 Å². The zero-order valence-corrected chi connectivity index (χ0v) is 9.32. The summed E-state index contributed by atoms with van der Waals surface area (Å²) in [6, 6.07) is 3.44. The van der Waals surface area contributed by atoms with Crippen LogP contribution in [0.4, 0.5) is 24.7 Å². The summed E-state index contributed by atoms with van der Waals surface area (Å²) in [5, 5.41) is 8.81.